The molecule has 0 bridgehead atoms. The molecule has 1 heterocycles. The maximum atomic E-state index is 12.5. The molecule has 3 rings (SSSR count). The number of hydrogen-bond acceptors (Lipinski definition) is 4. The van der Waals surface area contributed by atoms with Crippen molar-refractivity contribution in [3.05, 3.63) is 66.0 Å². The molecule has 5 heteroatoms. The SMILES string of the molecule is CN(Cc1ccccc1)[C@@H]1CC[C@@H](C(=O)NCc2ccncc2)[C@@H]1O. The zero-order valence-electron chi connectivity index (χ0n) is 14.5. The molecule has 0 spiro atoms. The van der Waals surface area contributed by atoms with E-state index in [1.807, 2.05) is 37.4 Å². The number of hydrogen-bond donors (Lipinski definition) is 2. The van der Waals surface area contributed by atoms with Crippen LogP contribution in [0.2, 0.25) is 0 Å². The summed E-state index contributed by atoms with van der Waals surface area (Å²) in [5, 5.41) is 13.6. The van der Waals surface area contributed by atoms with Crippen LogP contribution in [0.4, 0.5) is 0 Å². The molecule has 1 saturated carbocycles. The summed E-state index contributed by atoms with van der Waals surface area (Å²) < 4.78 is 0. The first-order valence-corrected chi connectivity index (χ1v) is 8.74. The van der Waals surface area contributed by atoms with E-state index < -0.39 is 6.10 Å². The number of nitrogens with one attached hydrogen (secondary N) is 1. The molecular formula is C20H25N3O2. The zero-order chi connectivity index (χ0) is 17.6. The number of aliphatic hydroxyl groups excluding tert-OH is 1. The summed E-state index contributed by atoms with van der Waals surface area (Å²) in [6.07, 6.45) is 4.33. The van der Waals surface area contributed by atoms with Crippen LogP contribution in [0.25, 0.3) is 0 Å². The number of carbonyl (C=O) groups excluding carboxylic acids is 1. The average Bonchev–Trinajstić information content (AvgIpc) is 3.03. The first-order valence-electron chi connectivity index (χ1n) is 8.74. The van der Waals surface area contributed by atoms with E-state index in [1.54, 1.807) is 12.4 Å². The van der Waals surface area contributed by atoms with Gasteiger partial charge in [-0.15, -0.1) is 0 Å². The number of aromatic nitrogens is 1. The van der Waals surface area contributed by atoms with Crippen molar-refractivity contribution in [1.82, 2.24) is 15.2 Å². The maximum absolute atomic E-state index is 12.5. The molecule has 0 unspecified atom stereocenters. The molecule has 25 heavy (non-hydrogen) atoms. The Balaban J connectivity index is 1.53. The van der Waals surface area contributed by atoms with Crippen molar-refractivity contribution >= 4 is 5.91 Å². The number of benzene rings is 1. The van der Waals surface area contributed by atoms with Crippen LogP contribution < -0.4 is 5.32 Å². The molecular weight excluding hydrogens is 314 g/mol. The van der Waals surface area contributed by atoms with E-state index in [0.29, 0.717) is 13.0 Å². The van der Waals surface area contributed by atoms with Gasteiger partial charge in [0.25, 0.3) is 0 Å². The van der Waals surface area contributed by atoms with Gasteiger partial charge in [-0.25, -0.2) is 0 Å². The molecule has 5 nitrogen and oxygen atoms in total. The highest BCUT2D eigenvalue weighted by atomic mass is 16.3. The van der Waals surface area contributed by atoms with Crippen LogP contribution in [0.3, 0.4) is 0 Å². The minimum Gasteiger partial charge on any atom is -0.391 e. The van der Waals surface area contributed by atoms with Gasteiger partial charge in [0.1, 0.15) is 0 Å². The van der Waals surface area contributed by atoms with Crippen LogP contribution in [0.1, 0.15) is 24.0 Å². The highest BCUT2D eigenvalue weighted by molar-refractivity contribution is 5.79. The van der Waals surface area contributed by atoms with Crippen molar-refractivity contribution in [1.29, 1.82) is 0 Å². The first-order chi connectivity index (χ1) is 12.1. The fourth-order valence-electron chi connectivity index (χ4n) is 3.54. The van der Waals surface area contributed by atoms with Gasteiger partial charge >= 0.3 is 0 Å². The minimum absolute atomic E-state index is 0.0110. The van der Waals surface area contributed by atoms with Gasteiger partial charge in [0.2, 0.25) is 5.91 Å². The van der Waals surface area contributed by atoms with E-state index in [9.17, 15) is 9.90 Å². The fourth-order valence-corrected chi connectivity index (χ4v) is 3.54. The third kappa shape index (κ3) is 4.44. The average molecular weight is 339 g/mol. The Morgan fingerprint density at radius 2 is 1.88 bits per heavy atom. The standard InChI is InChI=1S/C20H25N3O2/c1-23(14-16-5-3-2-4-6-16)18-8-7-17(19(18)24)20(25)22-13-15-9-11-21-12-10-15/h2-6,9-12,17-19,24H,7-8,13-14H2,1H3,(H,22,25)/t17-,18-,19+/m1/s1. The van der Waals surface area contributed by atoms with E-state index in [4.69, 9.17) is 0 Å². The van der Waals surface area contributed by atoms with Crippen LogP contribution in [0.15, 0.2) is 54.9 Å². The molecule has 1 fully saturated rings. The molecule has 2 aromatic rings. The molecule has 2 N–H and O–H groups in total. The van der Waals surface area contributed by atoms with E-state index >= 15 is 0 Å². The molecule has 0 aliphatic heterocycles. The molecule has 1 aliphatic rings. The summed E-state index contributed by atoms with van der Waals surface area (Å²) >= 11 is 0. The Kier molecular flexibility index (Phi) is 5.79. The Morgan fingerprint density at radius 3 is 2.60 bits per heavy atom. The highest BCUT2D eigenvalue weighted by Crippen LogP contribution is 2.30. The van der Waals surface area contributed by atoms with Crippen LogP contribution in [-0.4, -0.2) is 40.1 Å². The summed E-state index contributed by atoms with van der Waals surface area (Å²) in [5.41, 5.74) is 2.22. The van der Waals surface area contributed by atoms with E-state index in [0.717, 1.165) is 18.5 Å². The van der Waals surface area contributed by atoms with Crippen LogP contribution in [-0.2, 0) is 17.9 Å². The lowest BCUT2D eigenvalue weighted by Gasteiger charge is -2.28. The molecule has 3 atom stereocenters. The molecule has 0 radical (unpaired) electrons. The number of rotatable bonds is 6. The number of amides is 1. The largest absolute Gasteiger partial charge is 0.391 e. The lowest BCUT2D eigenvalue weighted by molar-refractivity contribution is -0.128. The maximum Gasteiger partial charge on any atom is 0.226 e. The van der Waals surface area contributed by atoms with Crippen LogP contribution >= 0.6 is 0 Å². The van der Waals surface area contributed by atoms with Gasteiger partial charge in [-0.05, 0) is 43.1 Å². The number of carbonyl (C=O) groups is 1. The lowest BCUT2D eigenvalue weighted by Crippen LogP contribution is -2.43. The van der Waals surface area contributed by atoms with Crippen molar-refractivity contribution in [2.24, 2.45) is 5.92 Å². The summed E-state index contributed by atoms with van der Waals surface area (Å²) in [7, 11) is 2.01. The van der Waals surface area contributed by atoms with Crippen LogP contribution in [0, 0.1) is 5.92 Å². The van der Waals surface area contributed by atoms with E-state index in [-0.39, 0.29) is 17.9 Å². The summed E-state index contributed by atoms with van der Waals surface area (Å²) in [4.78, 5) is 18.6. The molecule has 132 valence electrons. The third-order valence-electron chi connectivity index (χ3n) is 4.97. The quantitative estimate of drug-likeness (QED) is 0.844. The smallest absolute Gasteiger partial charge is 0.226 e. The predicted molar refractivity (Wildman–Crippen MR) is 96.5 cm³/mol. The second-order valence-corrected chi connectivity index (χ2v) is 6.72. The number of pyridine rings is 1. The summed E-state index contributed by atoms with van der Waals surface area (Å²) in [5.74, 6) is -0.412. The topological polar surface area (TPSA) is 65.5 Å². The lowest BCUT2D eigenvalue weighted by atomic mass is 10.0. The van der Waals surface area contributed by atoms with Gasteiger partial charge in [0.15, 0.2) is 0 Å². The van der Waals surface area contributed by atoms with Crippen molar-refractivity contribution in [2.75, 3.05) is 7.05 Å². The van der Waals surface area contributed by atoms with Gasteiger partial charge in [-0.1, -0.05) is 30.3 Å². The molecule has 0 saturated heterocycles. The Bertz CT molecular complexity index is 678. The van der Waals surface area contributed by atoms with Crippen molar-refractivity contribution in [3.8, 4) is 0 Å². The Labute approximate surface area is 148 Å². The van der Waals surface area contributed by atoms with Gasteiger partial charge in [0, 0.05) is 31.5 Å². The molecule has 1 aliphatic carbocycles. The van der Waals surface area contributed by atoms with Crippen molar-refractivity contribution in [2.45, 2.75) is 38.1 Å². The normalized spacial score (nSPS) is 22.9. The molecule has 1 amide bonds. The Hall–Kier alpha value is -2.24. The predicted octanol–water partition coefficient (Wildman–Crippen LogP) is 1.97. The summed E-state index contributed by atoms with van der Waals surface area (Å²) in [6.45, 7) is 1.24. The summed E-state index contributed by atoms with van der Waals surface area (Å²) in [6, 6.07) is 14.0. The Morgan fingerprint density at radius 1 is 1.16 bits per heavy atom. The first kappa shape index (κ1) is 17.6. The second kappa shape index (κ2) is 8.23. The van der Waals surface area contributed by atoms with E-state index in [1.165, 1.54) is 5.56 Å². The zero-order valence-corrected chi connectivity index (χ0v) is 14.5. The van der Waals surface area contributed by atoms with E-state index in [2.05, 4.69) is 27.3 Å². The van der Waals surface area contributed by atoms with Gasteiger partial charge < -0.3 is 10.4 Å². The third-order valence-corrected chi connectivity index (χ3v) is 4.97. The highest BCUT2D eigenvalue weighted by Gasteiger charge is 2.40. The number of likely N-dealkylation sites (N-methyl/N-ethyl adjacent to an activating group) is 1. The van der Waals surface area contributed by atoms with Crippen molar-refractivity contribution < 1.29 is 9.90 Å². The molecule has 1 aromatic heterocycles. The van der Waals surface area contributed by atoms with Gasteiger partial charge in [-0.3, -0.25) is 14.7 Å². The number of aliphatic hydroxyl groups is 1. The fraction of sp³-hybridized carbons (Fsp3) is 0.400. The minimum atomic E-state index is -0.633. The second-order valence-electron chi connectivity index (χ2n) is 6.72. The van der Waals surface area contributed by atoms with Crippen LogP contribution in [0.5, 0.6) is 0 Å². The van der Waals surface area contributed by atoms with Gasteiger partial charge in [0.05, 0.1) is 12.0 Å². The molecule has 1 aromatic carbocycles. The monoisotopic (exact) mass is 339 g/mol. The van der Waals surface area contributed by atoms with Gasteiger partial charge in [-0.2, -0.15) is 0 Å². The number of nitrogens with zero attached hydrogens (tertiary/aromatic N) is 2. The van der Waals surface area contributed by atoms with Crippen molar-refractivity contribution in [3.63, 3.8) is 0 Å².